The summed E-state index contributed by atoms with van der Waals surface area (Å²) in [6, 6.07) is 16.0. The largest absolute Gasteiger partial charge is 0.467 e. The van der Waals surface area contributed by atoms with E-state index < -0.39 is 0 Å². The van der Waals surface area contributed by atoms with Crippen LogP contribution < -0.4 is 4.90 Å². The van der Waals surface area contributed by atoms with Gasteiger partial charge in [-0.15, -0.1) is 11.3 Å². The van der Waals surface area contributed by atoms with Gasteiger partial charge in [0.25, 0.3) is 5.91 Å². The predicted octanol–water partition coefficient (Wildman–Crippen LogP) is 4.47. The number of para-hydroxylation sites is 1. The predicted molar refractivity (Wildman–Crippen MR) is 111 cm³/mol. The molecular formula is C22H21N3O2S. The molecule has 1 aromatic carbocycles. The molecule has 6 heteroatoms. The van der Waals surface area contributed by atoms with E-state index in [2.05, 4.69) is 29.2 Å². The molecule has 0 radical (unpaired) electrons. The Morgan fingerprint density at radius 2 is 2.11 bits per heavy atom. The number of carbonyl (C=O) groups is 1. The second-order valence-corrected chi connectivity index (χ2v) is 8.10. The third-order valence-corrected chi connectivity index (χ3v) is 6.29. The molecule has 142 valence electrons. The minimum Gasteiger partial charge on any atom is -0.467 e. The molecule has 0 bridgehead atoms. The van der Waals surface area contributed by atoms with Gasteiger partial charge in [-0.05, 0) is 48.1 Å². The summed E-state index contributed by atoms with van der Waals surface area (Å²) in [5.74, 6) is 0.785. The lowest BCUT2D eigenvalue weighted by molar-refractivity contribution is -0.131. The van der Waals surface area contributed by atoms with Crippen molar-refractivity contribution in [2.75, 3.05) is 18.0 Å². The summed E-state index contributed by atoms with van der Waals surface area (Å²) in [5, 5.41) is 8.38. The number of fused-ring (bicyclic) bond motifs is 1. The van der Waals surface area contributed by atoms with Gasteiger partial charge in [0.1, 0.15) is 11.8 Å². The standard InChI is InChI=1S/C22H21N3O2S/c26-22(15-24-11-3-7-16-6-1-2-8-18(16)24)25-19(20-9-4-12-27-20)14-17(23-25)21-10-5-13-28-21/h1-2,4-6,8-10,12-13,19H,3,7,11,14-15H2. The number of hydrogen-bond acceptors (Lipinski definition) is 5. The maximum atomic E-state index is 13.3. The Bertz CT molecular complexity index is 995. The summed E-state index contributed by atoms with van der Waals surface area (Å²) in [5.41, 5.74) is 3.43. The van der Waals surface area contributed by atoms with Crippen LogP contribution in [0.15, 0.2) is 69.7 Å². The molecule has 28 heavy (non-hydrogen) atoms. The van der Waals surface area contributed by atoms with E-state index in [1.807, 2.05) is 29.6 Å². The number of anilines is 1. The van der Waals surface area contributed by atoms with Crippen molar-refractivity contribution in [2.45, 2.75) is 25.3 Å². The number of nitrogens with zero attached hydrogens (tertiary/aromatic N) is 3. The molecule has 0 spiro atoms. The smallest absolute Gasteiger partial charge is 0.262 e. The van der Waals surface area contributed by atoms with Crippen LogP contribution in [-0.4, -0.2) is 29.7 Å². The SMILES string of the molecule is O=C(CN1CCCc2ccccc21)N1N=C(c2cccs2)CC1c1ccco1. The van der Waals surface area contributed by atoms with Crippen molar-refractivity contribution >= 4 is 28.6 Å². The molecule has 3 aromatic rings. The van der Waals surface area contributed by atoms with Crippen molar-refractivity contribution in [1.29, 1.82) is 0 Å². The lowest BCUT2D eigenvalue weighted by atomic mass is 10.0. The molecule has 0 N–H and O–H groups in total. The minimum absolute atomic E-state index is 0.00431. The molecule has 2 aromatic heterocycles. The highest BCUT2D eigenvalue weighted by molar-refractivity contribution is 7.12. The first-order chi connectivity index (χ1) is 13.8. The second-order valence-electron chi connectivity index (χ2n) is 7.15. The number of benzene rings is 1. The average molecular weight is 391 g/mol. The molecule has 0 saturated heterocycles. The van der Waals surface area contributed by atoms with Gasteiger partial charge < -0.3 is 9.32 Å². The van der Waals surface area contributed by atoms with Gasteiger partial charge in [0.05, 0.1) is 23.4 Å². The van der Waals surface area contributed by atoms with Crippen molar-refractivity contribution in [3.63, 3.8) is 0 Å². The number of hydrazone groups is 1. The molecule has 1 atom stereocenters. The number of thiophene rings is 1. The van der Waals surface area contributed by atoms with Crippen molar-refractivity contribution in [3.8, 4) is 0 Å². The van der Waals surface area contributed by atoms with Crippen LogP contribution in [0.1, 0.15) is 35.1 Å². The Hall–Kier alpha value is -2.86. The zero-order valence-corrected chi connectivity index (χ0v) is 16.3. The van der Waals surface area contributed by atoms with E-state index >= 15 is 0 Å². The van der Waals surface area contributed by atoms with Crippen molar-refractivity contribution in [2.24, 2.45) is 5.10 Å². The average Bonchev–Trinajstić information content (AvgIpc) is 3.49. The van der Waals surface area contributed by atoms with E-state index in [0.717, 1.165) is 35.7 Å². The Labute approximate surface area is 167 Å². The van der Waals surface area contributed by atoms with Gasteiger partial charge in [-0.3, -0.25) is 4.79 Å². The summed E-state index contributed by atoms with van der Waals surface area (Å²) in [6.45, 7) is 1.22. The van der Waals surface area contributed by atoms with Crippen molar-refractivity contribution in [1.82, 2.24) is 5.01 Å². The number of rotatable bonds is 4. The maximum Gasteiger partial charge on any atom is 0.262 e. The van der Waals surface area contributed by atoms with Crippen LogP contribution in [0.3, 0.4) is 0 Å². The van der Waals surface area contributed by atoms with Gasteiger partial charge in [-0.25, -0.2) is 5.01 Å². The fourth-order valence-corrected chi connectivity index (χ4v) is 4.77. The van der Waals surface area contributed by atoms with E-state index in [0.29, 0.717) is 13.0 Å². The maximum absolute atomic E-state index is 13.3. The highest BCUT2D eigenvalue weighted by Gasteiger charge is 2.36. The summed E-state index contributed by atoms with van der Waals surface area (Å²) in [4.78, 5) is 16.6. The number of furan rings is 1. The van der Waals surface area contributed by atoms with Gasteiger partial charge in [0.15, 0.2) is 0 Å². The number of aryl methyl sites for hydroxylation is 1. The molecule has 1 amide bonds. The first kappa shape index (κ1) is 17.3. The Balaban J connectivity index is 1.42. The fraction of sp³-hybridized carbons (Fsp3) is 0.273. The van der Waals surface area contributed by atoms with Gasteiger partial charge >= 0.3 is 0 Å². The van der Waals surface area contributed by atoms with Gasteiger partial charge in [-0.2, -0.15) is 5.10 Å². The number of hydrogen-bond donors (Lipinski definition) is 0. The van der Waals surface area contributed by atoms with E-state index in [4.69, 9.17) is 9.52 Å². The van der Waals surface area contributed by atoms with E-state index in [1.165, 1.54) is 11.3 Å². The topological polar surface area (TPSA) is 49.1 Å². The molecule has 0 fully saturated rings. The van der Waals surface area contributed by atoms with Crippen LogP contribution in [-0.2, 0) is 11.2 Å². The Morgan fingerprint density at radius 3 is 2.93 bits per heavy atom. The first-order valence-electron chi connectivity index (χ1n) is 9.59. The summed E-state index contributed by atoms with van der Waals surface area (Å²) < 4.78 is 5.63. The zero-order chi connectivity index (χ0) is 18.9. The molecule has 5 nitrogen and oxygen atoms in total. The molecule has 4 heterocycles. The highest BCUT2D eigenvalue weighted by Crippen LogP contribution is 2.35. The van der Waals surface area contributed by atoms with Gasteiger partial charge in [-0.1, -0.05) is 24.3 Å². The monoisotopic (exact) mass is 391 g/mol. The lowest BCUT2D eigenvalue weighted by Crippen LogP contribution is -2.40. The Morgan fingerprint density at radius 1 is 1.18 bits per heavy atom. The fourth-order valence-electron chi connectivity index (χ4n) is 4.05. The minimum atomic E-state index is -0.181. The molecule has 5 rings (SSSR count). The molecular weight excluding hydrogens is 370 g/mol. The van der Waals surface area contributed by atoms with Gasteiger partial charge in [0, 0.05) is 18.7 Å². The lowest BCUT2D eigenvalue weighted by Gasteiger charge is -2.32. The van der Waals surface area contributed by atoms with E-state index in [9.17, 15) is 4.79 Å². The molecule has 2 aliphatic rings. The normalized spacial score (nSPS) is 18.9. The summed E-state index contributed by atoms with van der Waals surface area (Å²) in [7, 11) is 0. The van der Waals surface area contributed by atoms with Crippen LogP contribution in [0.25, 0.3) is 0 Å². The van der Waals surface area contributed by atoms with Crippen LogP contribution >= 0.6 is 11.3 Å². The van der Waals surface area contributed by atoms with Crippen molar-refractivity contribution < 1.29 is 9.21 Å². The van der Waals surface area contributed by atoms with Crippen molar-refractivity contribution in [3.05, 3.63) is 76.4 Å². The molecule has 1 unspecified atom stereocenters. The summed E-state index contributed by atoms with van der Waals surface area (Å²) in [6.07, 6.45) is 4.47. The number of carbonyl (C=O) groups excluding carboxylic acids is 1. The third-order valence-electron chi connectivity index (χ3n) is 5.38. The highest BCUT2D eigenvalue weighted by atomic mass is 32.1. The molecule has 2 aliphatic heterocycles. The van der Waals surface area contributed by atoms with Crippen LogP contribution in [0, 0.1) is 0 Å². The Kier molecular flexibility index (Phi) is 4.49. The zero-order valence-electron chi connectivity index (χ0n) is 15.5. The van der Waals surface area contributed by atoms with E-state index in [-0.39, 0.29) is 11.9 Å². The molecule has 0 aliphatic carbocycles. The quantitative estimate of drug-likeness (QED) is 0.659. The summed E-state index contributed by atoms with van der Waals surface area (Å²) >= 11 is 1.65. The van der Waals surface area contributed by atoms with Crippen LogP contribution in [0.2, 0.25) is 0 Å². The molecule has 0 saturated carbocycles. The van der Waals surface area contributed by atoms with Crippen LogP contribution in [0.5, 0.6) is 0 Å². The van der Waals surface area contributed by atoms with E-state index in [1.54, 1.807) is 22.6 Å². The number of amides is 1. The third kappa shape index (κ3) is 3.14. The first-order valence-corrected chi connectivity index (χ1v) is 10.5. The van der Waals surface area contributed by atoms with Gasteiger partial charge in [0.2, 0.25) is 0 Å². The second kappa shape index (κ2) is 7.28. The van der Waals surface area contributed by atoms with Crippen LogP contribution in [0.4, 0.5) is 5.69 Å².